The number of amides is 2. The van der Waals surface area contributed by atoms with Gasteiger partial charge in [0.25, 0.3) is 0 Å². The van der Waals surface area contributed by atoms with Gasteiger partial charge in [-0.3, -0.25) is 9.59 Å². The highest BCUT2D eigenvalue weighted by molar-refractivity contribution is 6.39. The van der Waals surface area contributed by atoms with Gasteiger partial charge in [0.05, 0.1) is 12.1 Å². The topological polar surface area (TPSA) is 78.4 Å². The monoisotopic (exact) mass is 304 g/mol. The molecule has 1 aliphatic rings. The standard InChI is InChI=1S/C17H24N2O3/c1-2-7-12-8-3-4-9-13(12)18-16(21)17(22)19-14-10-5-6-11-15(14)20/h3-4,8-9,14-15,20H,2,5-7,10-11H2,1H3,(H,18,21)(H,19,22). The SMILES string of the molecule is CCCc1ccccc1NC(=O)C(=O)NC1CCCCC1O. The number of carbonyl (C=O) groups excluding carboxylic acids is 2. The Balaban J connectivity index is 1.95. The lowest BCUT2D eigenvalue weighted by atomic mass is 9.92. The zero-order chi connectivity index (χ0) is 15.9. The van der Waals surface area contributed by atoms with Gasteiger partial charge in [0.2, 0.25) is 0 Å². The molecule has 2 rings (SSSR count). The average Bonchev–Trinajstić information content (AvgIpc) is 2.51. The maximum absolute atomic E-state index is 12.0. The fourth-order valence-corrected chi connectivity index (χ4v) is 2.82. The third-order valence-corrected chi connectivity index (χ3v) is 4.04. The van der Waals surface area contributed by atoms with Crippen LogP contribution in [0, 0.1) is 0 Å². The first-order chi connectivity index (χ1) is 10.6. The normalized spacial score (nSPS) is 21.2. The largest absolute Gasteiger partial charge is 0.391 e. The van der Waals surface area contributed by atoms with Crippen molar-refractivity contribution in [2.24, 2.45) is 0 Å². The lowest BCUT2D eigenvalue weighted by Crippen LogP contribution is -2.48. The van der Waals surface area contributed by atoms with Gasteiger partial charge >= 0.3 is 11.8 Å². The number of aryl methyl sites for hydroxylation is 1. The van der Waals surface area contributed by atoms with Crippen LogP contribution >= 0.6 is 0 Å². The van der Waals surface area contributed by atoms with Gasteiger partial charge < -0.3 is 15.7 Å². The van der Waals surface area contributed by atoms with E-state index in [2.05, 4.69) is 17.6 Å². The Kier molecular flexibility index (Phi) is 5.95. The van der Waals surface area contributed by atoms with Crippen molar-refractivity contribution in [3.05, 3.63) is 29.8 Å². The molecule has 0 aliphatic heterocycles. The first-order valence-electron chi connectivity index (χ1n) is 7.99. The van der Waals surface area contributed by atoms with Gasteiger partial charge in [-0.15, -0.1) is 0 Å². The van der Waals surface area contributed by atoms with Crippen LogP contribution < -0.4 is 10.6 Å². The van der Waals surface area contributed by atoms with Crippen molar-refractivity contribution in [2.45, 2.75) is 57.6 Å². The molecule has 2 unspecified atom stereocenters. The first-order valence-corrected chi connectivity index (χ1v) is 7.99. The van der Waals surface area contributed by atoms with Crippen LogP contribution in [0.3, 0.4) is 0 Å². The number of hydrogen-bond donors (Lipinski definition) is 3. The van der Waals surface area contributed by atoms with Crippen molar-refractivity contribution in [2.75, 3.05) is 5.32 Å². The summed E-state index contributed by atoms with van der Waals surface area (Å²) in [6, 6.07) is 7.17. The zero-order valence-corrected chi connectivity index (χ0v) is 13.0. The molecule has 0 radical (unpaired) electrons. The van der Waals surface area contributed by atoms with Crippen LogP contribution in [0.5, 0.6) is 0 Å². The molecule has 2 atom stereocenters. The lowest BCUT2D eigenvalue weighted by molar-refractivity contribution is -0.137. The van der Waals surface area contributed by atoms with Crippen LogP contribution in [0.15, 0.2) is 24.3 Å². The summed E-state index contributed by atoms with van der Waals surface area (Å²) in [7, 11) is 0. The van der Waals surface area contributed by atoms with Crippen molar-refractivity contribution in [1.29, 1.82) is 0 Å². The highest BCUT2D eigenvalue weighted by Gasteiger charge is 2.26. The number of hydrogen-bond acceptors (Lipinski definition) is 3. The molecule has 1 fully saturated rings. The third kappa shape index (κ3) is 4.31. The molecule has 3 N–H and O–H groups in total. The molecule has 0 aromatic heterocycles. The predicted octanol–water partition coefficient (Wildman–Crippen LogP) is 2.00. The lowest BCUT2D eigenvalue weighted by Gasteiger charge is -2.28. The number of rotatable bonds is 4. The summed E-state index contributed by atoms with van der Waals surface area (Å²) in [5.74, 6) is -1.36. The van der Waals surface area contributed by atoms with E-state index in [4.69, 9.17) is 0 Å². The summed E-state index contributed by atoms with van der Waals surface area (Å²) in [4.78, 5) is 24.0. The second-order valence-corrected chi connectivity index (χ2v) is 5.79. The first kappa shape index (κ1) is 16.5. The van der Waals surface area contributed by atoms with Crippen molar-refractivity contribution >= 4 is 17.5 Å². The van der Waals surface area contributed by atoms with E-state index in [1.165, 1.54) is 0 Å². The fraction of sp³-hybridized carbons (Fsp3) is 0.529. The van der Waals surface area contributed by atoms with Crippen LogP contribution in [0.2, 0.25) is 0 Å². The number of nitrogens with one attached hydrogen (secondary N) is 2. The number of para-hydroxylation sites is 1. The molecule has 0 spiro atoms. The highest BCUT2D eigenvalue weighted by Crippen LogP contribution is 2.19. The minimum atomic E-state index is -0.683. The second-order valence-electron chi connectivity index (χ2n) is 5.79. The fourth-order valence-electron chi connectivity index (χ4n) is 2.82. The summed E-state index contributed by atoms with van der Waals surface area (Å²) in [6.45, 7) is 2.07. The van der Waals surface area contributed by atoms with Crippen molar-refractivity contribution in [1.82, 2.24) is 5.32 Å². The van der Waals surface area contributed by atoms with E-state index in [0.717, 1.165) is 31.2 Å². The number of aliphatic hydroxyl groups excluding tert-OH is 1. The van der Waals surface area contributed by atoms with Crippen LogP contribution in [0.1, 0.15) is 44.6 Å². The van der Waals surface area contributed by atoms with Gasteiger partial charge in [0.1, 0.15) is 0 Å². The molecular weight excluding hydrogens is 280 g/mol. The van der Waals surface area contributed by atoms with Gasteiger partial charge in [-0.25, -0.2) is 0 Å². The summed E-state index contributed by atoms with van der Waals surface area (Å²) < 4.78 is 0. The summed E-state index contributed by atoms with van der Waals surface area (Å²) in [6.07, 6.45) is 4.57. The Bertz CT molecular complexity index is 530. The average molecular weight is 304 g/mol. The van der Waals surface area contributed by atoms with E-state index >= 15 is 0 Å². The Hall–Kier alpha value is -1.88. The smallest absolute Gasteiger partial charge is 0.313 e. The third-order valence-electron chi connectivity index (χ3n) is 4.04. The van der Waals surface area contributed by atoms with E-state index in [1.807, 2.05) is 18.2 Å². The molecule has 0 heterocycles. The maximum Gasteiger partial charge on any atom is 0.313 e. The Labute approximate surface area is 131 Å². The van der Waals surface area contributed by atoms with E-state index < -0.39 is 17.9 Å². The zero-order valence-electron chi connectivity index (χ0n) is 13.0. The molecule has 1 saturated carbocycles. The Morgan fingerprint density at radius 1 is 1.18 bits per heavy atom. The molecule has 1 aromatic carbocycles. The van der Waals surface area contributed by atoms with Crippen LogP contribution in [0.4, 0.5) is 5.69 Å². The van der Waals surface area contributed by atoms with Crippen LogP contribution in [-0.2, 0) is 16.0 Å². The molecule has 1 aliphatic carbocycles. The quantitative estimate of drug-likeness (QED) is 0.744. The van der Waals surface area contributed by atoms with E-state index in [0.29, 0.717) is 18.5 Å². The van der Waals surface area contributed by atoms with E-state index in [-0.39, 0.29) is 6.04 Å². The highest BCUT2D eigenvalue weighted by atomic mass is 16.3. The predicted molar refractivity (Wildman–Crippen MR) is 85.5 cm³/mol. The molecule has 22 heavy (non-hydrogen) atoms. The summed E-state index contributed by atoms with van der Waals surface area (Å²) in [5, 5.41) is 15.2. The summed E-state index contributed by atoms with van der Waals surface area (Å²) in [5.41, 5.74) is 1.69. The Morgan fingerprint density at radius 3 is 2.64 bits per heavy atom. The number of benzene rings is 1. The molecule has 5 heteroatoms. The Morgan fingerprint density at radius 2 is 1.91 bits per heavy atom. The second kappa shape index (κ2) is 7.94. The van der Waals surface area contributed by atoms with Crippen molar-refractivity contribution < 1.29 is 14.7 Å². The van der Waals surface area contributed by atoms with Gasteiger partial charge in [-0.1, -0.05) is 44.4 Å². The van der Waals surface area contributed by atoms with E-state index in [1.54, 1.807) is 6.07 Å². The van der Waals surface area contributed by atoms with Gasteiger partial charge in [0, 0.05) is 5.69 Å². The number of aliphatic hydroxyl groups is 1. The molecule has 2 amide bonds. The minimum absolute atomic E-state index is 0.321. The number of carbonyl (C=O) groups is 2. The van der Waals surface area contributed by atoms with Crippen molar-refractivity contribution in [3.8, 4) is 0 Å². The minimum Gasteiger partial charge on any atom is -0.391 e. The van der Waals surface area contributed by atoms with E-state index in [9.17, 15) is 14.7 Å². The molecule has 1 aromatic rings. The van der Waals surface area contributed by atoms with Gasteiger partial charge in [-0.05, 0) is 30.9 Å². The van der Waals surface area contributed by atoms with Gasteiger partial charge in [-0.2, -0.15) is 0 Å². The van der Waals surface area contributed by atoms with Crippen molar-refractivity contribution in [3.63, 3.8) is 0 Å². The molecule has 0 saturated heterocycles. The molecule has 120 valence electrons. The molecular formula is C17H24N2O3. The summed E-state index contributed by atoms with van der Waals surface area (Å²) >= 11 is 0. The molecule has 0 bridgehead atoms. The van der Waals surface area contributed by atoms with Crippen LogP contribution in [-0.4, -0.2) is 29.1 Å². The van der Waals surface area contributed by atoms with Crippen LogP contribution in [0.25, 0.3) is 0 Å². The van der Waals surface area contributed by atoms with Gasteiger partial charge in [0.15, 0.2) is 0 Å². The molecule has 5 nitrogen and oxygen atoms in total. The number of anilines is 1. The maximum atomic E-state index is 12.0.